The van der Waals surface area contributed by atoms with Crippen LogP contribution in [0.25, 0.3) is 0 Å². The Bertz CT molecular complexity index is 718. The van der Waals surface area contributed by atoms with Gasteiger partial charge in [-0.1, -0.05) is 22.0 Å². The third kappa shape index (κ3) is 6.07. The molecule has 6 heteroatoms. The molecule has 5 nitrogen and oxygen atoms in total. The van der Waals surface area contributed by atoms with Crippen LogP contribution in [0.5, 0.6) is 11.5 Å². The van der Waals surface area contributed by atoms with Gasteiger partial charge in [0, 0.05) is 23.3 Å². The highest BCUT2D eigenvalue weighted by molar-refractivity contribution is 9.10. The van der Waals surface area contributed by atoms with E-state index in [4.69, 9.17) is 14.2 Å². The van der Waals surface area contributed by atoms with Crippen molar-refractivity contribution in [3.05, 3.63) is 52.5 Å². The molecule has 0 aliphatic heterocycles. The fraction of sp³-hybridized carbons (Fsp3) is 0.316. The molecule has 0 unspecified atom stereocenters. The lowest BCUT2D eigenvalue weighted by Gasteiger charge is -2.14. The monoisotopic (exact) mass is 407 g/mol. The lowest BCUT2D eigenvalue weighted by molar-refractivity contribution is 0.101. The topological polar surface area (TPSA) is 56.8 Å². The second-order valence-electron chi connectivity index (χ2n) is 5.63. The Morgan fingerprint density at radius 3 is 2.68 bits per heavy atom. The minimum Gasteiger partial charge on any atom is -0.491 e. The van der Waals surface area contributed by atoms with Crippen LogP contribution in [0.3, 0.4) is 0 Å². The minimum absolute atomic E-state index is 0.0665. The van der Waals surface area contributed by atoms with Crippen molar-refractivity contribution in [2.45, 2.75) is 20.0 Å². The van der Waals surface area contributed by atoms with Crippen LogP contribution in [-0.4, -0.2) is 32.3 Å². The summed E-state index contributed by atoms with van der Waals surface area (Å²) in [5.74, 6) is 0.960. The number of amides is 1. The molecule has 2 aromatic carbocycles. The van der Waals surface area contributed by atoms with Crippen LogP contribution in [0, 0.1) is 0 Å². The smallest absolute Gasteiger partial charge is 0.259 e. The first kappa shape index (κ1) is 19.3. The first-order valence-corrected chi connectivity index (χ1v) is 8.78. The lowest BCUT2D eigenvalue weighted by Crippen LogP contribution is -2.15. The standard InChI is InChI=1S/C19H22BrNO4/c1-13(2)25-16-6-4-5-15(12-16)21-19(22)17-11-14(20)7-8-18(17)24-10-9-23-3/h4-8,11-13H,9-10H2,1-3H3,(H,21,22). The van der Waals surface area contributed by atoms with Crippen LogP contribution in [0.1, 0.15) is 24.2 Å². The van der Waals surface area contributed by atoms with Crippen molar-refractivity contribution in [2.75, 3.05) is 25.6 Å². The molecule has 0 spiro atoms. The summed E-state index contributed by atoms with van der Waals surface area (Å²) >= 11 is 3.39. The maximum atomic E-state index is 12.7. The van der Waals surface area contributed by atoms with E-state index in [0.29, 0.717) is 36.0 Å². The molecular formula is C19H22BrNO4. The summed E-state index contributed by atoms with van der Waals surface area (Å²) in [6, 6.07) is 12.6. The number of benzene rings is 2. The van der Waals surface area contributed by atoms with Crippen LogP contribution in [-0.2, 0) is 4.74 Å². The van der Waals surface area contributed by atoms with E-state index in [1.165, 1.54) is 0 Å². The van der Waals surface area contributed by atoms with E-state index < -0.39 is 0 Å². The van der Waals surface area contributed by atoms with Gasteiger partial charge in [-0.05, 0) is 44.2 Å². The van der Waals surface area contributed by atoms with E-state index in [2.05, 4.69) is 21.2 Å². The molecule has 2 aromatic rings. The number of ether oxygens (including phenoxy) is 3. The van der Waals surface area contributed by atoms with E-state index in [9.17, 15) is 4.79 Å². The van der Waals surface area contributed by atoms with Crippen molar-refractivity contribution in [1.82, 2.24) is 0 Å². The van der Waals surface area contributed by atoms with Crippen LogP contribution in [0.4, 0.5) is 5.69 Å². The van der Waals surface area contributed by atoms with Gasteiger partial charge < -0.3 is 19.5 Å². The van der Waals surface area contributed by atoms with E-state index in [1.54, 1.807) is 25.3 Å². The highest BCUT2D eigenvalue weighted by Gasteiger charge is 2.14. The molecule has 0 atom stereocenters. The number of nitrogens with one attached hydrogen (secondary N) is 1. The van der Waals surface area contributed by atoms with Crippen LogP contribution in [0.2, 0.25) is 0 Å². The number of anilines is 1. The number of carbonyl (C=O) groups is 1. The first-order chi connectivity index (χ1) is 12.0. The SMILES string of the molecule is COCCOc1ccc(Br)cc1C(=O)Nc1cccc(OC(C)C)c1. The number of carbonyl (C=O) groups excluding carboxylic acids is 1. The quantitative estimate of drug-likeness (QED) is 0.653. The third-order valence-corrected chi connectivity index (χ3v) is 3.69. The van der Waals surface area contributed by atoms with Crippen molar-refractivity contribution in [3.63, 3.8) is 0 Å². The van der Waals surface area contributed by atoms with Gasteiger partial charge in [-0.2, -0.15) is 0 Å². The van der Waals surface area contributed by atoms with E-state index in [1.807, 2.05) is 38.1 Å². The fourth-order valence-electron chi connectivity index (χ4n) is 2.16. The Kier molecular flexibility index (Phi) is 7.28. The summed E-state index contributed by atoms with van der Waals surface area (Å²) in [5, 5.41) is 2.88. The molecule has 0 aromatic heterocycles. The molecule has 25 heavy (non-hydrogen) atoms. The molecule has 0 saturated heterocycles. The average Bonchev–Trinajstić information content (AvgIpc) is 2.56. The molecule has 134 valence electrons. The van der Waals surface area contributed by atoms with Crippen molar-refractivity contribution >= 4 is 27.5 Å². The van der Waals surface area contributed by atoms with Crippen molar-refractivity contribution in [3.8, 4) is 11.5 Å². The van der Waals surface area contributed by atoms with Crippen molar-refractivity contribution in [2.24, 2.45) is 0 Å². The van der Waals surface area contributed by atoms with Crippen LogP contribution >= 0.6 is 15.9 Å². The second-order valence-corrected chi connectivity index (χ2v) is 6.55. The number of halogens is 1. The summed E-state index contributed by atoms with van der Waals surface area (Å²) in [4.78, 5) is 12.7. The molecule has 0 aliphatic rings. The lowest BCUT2D eigenvalue weighted by atomic mass is 10.2. The number of hydrogen-bond donors (Lipinski definition) is 1. The third-order valence-electron chi connectivity index (χ3n) is 3.19. The largest absolute Gasteiger partial charge is 0.491 e. The van der Waals surface area contributed by atoms with E-state index in [0.717, 1.165) is 4.47 Å². The van der Waals surface area contributed by atoms with Gasteiger partial charge in [0.15, 0.2) is 0 Å². The van der Waals surface area contributed by atoms with Crippen molar-refractivity contribution in [1.29, 1.82) is 0 Å². The number of methoxy groups -OCH3 is 1. The minimum atomic E-state index is -0.254. The highest BCUT2D eigenvalue weighted by atomic mass is 79.9. The van der Waals surface area contributed by atoms with Gasteiger partial charge in [0.05, 0.1) is 18.3 Å². The van der Waals surface area contributed by atoms with Gasteiger partial charge in [0.2, 0.25) is 0 Å². The van der Waals surface area contributed by atoms with Gasteiger partial charge in [-0.3, -0.25) is 4.79 Å². The molecule has 1 amide bonds. The zero-order valence-corrected chi connectivity index (χ0v) is 16.1. The summed E-state index contributed by atoms with van der Waals surface area (Å²) in [6.07, 6.45) is 0.0665. The Balaban J connectivity index is 2.16. The van der Waals surface area contributed by atoms with Gasteiger partial charge in [-0.15, -0.1) is 0 Å². The molecule has 2 rings (SSSR count). The van der Waals surface area contributed by atoms with Gasteiger partial charge >= 0.3 is 0 Å². The first-order valence-electron chi connectivity index (χ1n) is 7.99. The van der Waals surface area contributed by atoms with E-state index >= 15 is 0 Å². The van der Waals surface area contributed by atoms with Crippen molar-refractivity contribution < 1.29 is 19.0 Å². The molecule has 0 fully saturated rings. The van der Waals surface area contributed by atoms with Gasteiger partial charge in [0.25, 0.3) is 5.91 Å². The molecule has 0 bridgehead atoms. The molecule has 0 saturated carbocycles. The predicted molar refractivity (Wildman–Crippen MR) is 102 cm³/mol. The average molecular weight is 408 g/mol. The van der Waals surface area contributed by atoms with E-state index in [-0.39, 0.29) is 12.0 Å². The second kappa shape index (κ2) is 9.44. The molecule has 0 aliphatic carbocycles. The summed E-state index contributed by atoms with van der Waals surface area (Å²) in [7, 11) is 1.60. The Labute approximate surface area is 156 Å². The molecular weight excluding hydrogens is 386 g/mol. The van der Waals surface area contributed by atoms with Crippen LogP contribution < -0.4 is 14.8 Å². The summed E-state index contributed by atoms with van der Waals surface area (Å²) in [6.45, 7) is 4.73. The number of rotatable bonds is 8. The Morgan fingerprint density at radius 2 is 1.96 bits per heavy atom. The molecule has 0 radical (unpaired) electrons. The molecule has 0 heterocycles. The fourth-order valence-corrected chi connectivity index (χ4v) is 2.52. The zero-order chi connectivity index (χ0) is 18.2. The maximum Gasteiger partial charge on any atom is 0.259 e. The number of hydrogen-bond acceptors (Lipinski definition) is 4. The van der Waals surface area contributed by atoms with Crippen LogP contribution in [0.15, 0.2) is 46.9 Å². The molecule has 1 N–H and O–H groups in total. The van der Waals surface area contributed by atoms with Gasteiger partial charge in [-0.25, -0.2) is 0 Å². The predicted octanol–water partition coefficient (Wildman–Crippen LogP) is 4.51. The highest BCUT2D eigenvalue weighted by Crippen LogP contribution is 2.25. The maximum absolute atomic E-state index is 12.7. The summed E-state index contributed by atoms with van der Waals surface area (Å²) < 4.78 is 17.1. The van der Waals surface area contributed by atoms with Gasteiger partial charge in [0.1, 0.15) is 18.1 Å². The normalized spacial score (nSPS) is 10.6. The Hall–Kier alpha value is -2.05. The summed E-state index contributed by atoms with van der Waals surface area (Å²) in [5.41, 5.74) is 1.10. The Morgan fingerprint density at radius 1 is 1.16 bits per heavy atom. The zero-order valence-electron chi connectivity index (χ0n) is 14.5.